The zero-order valence-corrected chi connectivity index (χ0v) is 10.2. The number of hydrogen-bond acceptors (Lipinski definition) is 2. The van der Waals surface area contributed by atoms with E-state index in [0.29, 0.717) is 13.2 Å². The molecular weight excluding hydrogens is 242 g/mol. The van der Waals surface area contributed by atoms with E-state index in [1.165, 1.54) is 5.56 Å². The quantitative estimate of drug-likeness (QED) is 0.843. The topological polar surface area (TPSA) is 35.2 Å². The van der Waals surface area contributed by atoms with E-state index in [4.69, 9.17) is 10.5 Å². The van der Waals surface area contributed by atoms with Gasteiger partial charge in [0.25, 0.3) is 0 Å². The van der Waals surface area contributed by atoms with Crippen molar-refractivity contribution in [3.05, 3.63) is 27.7 Å². The molecule has 2 nitrogen and oxygen atoms in total. The Hall–Kier alpha value is -0.540. The third-order valence-electron chi connectivity index (χ3n) is 2.14. The molecule has 0 spiro atoms. The maximum absolute atomic E-state index is 5.60. The van der Waals surface area contributed by atoms with Crippen molar-refractivity contribution in [1.82, 2.24) is 0 Å². The Balaban J connectivity index is 2.73. The molecule has 0 radical (unpaired) electrons. The Kier molecular flexibility index (Phi) is 4.42. The van der Waals surface area contributed by atoms with Gasteiger partial charge in [0.1, 0.15) is 5.75 Å². The third kappa shape index (κ3) is 2.72. The Labute approximate surface area is 93.6 Å². The summed E-state index contributed by atoms with van der Waals surface area (Å²) in [5, 5.41) is 0. The van der Waals surface area contributed by atoms with Crippen molar-refractivity contribution >= 4 is 15.9 Å². The van der Waals surface area contributed by atoms with Crippen LogP contribution in [-0.4, -0.2) is 13.2 Å². The molecular formula is C11H16BrNO. The van der Waals surface area contributed by atoms with Crippen molar-refractivity contribution in [1.29, 1.82) is 0 Å². The first-order valence-electron chi connectivity index (χ1n) is 4.75. The number of halogens is 1. The van der Waals surface area contributed by atoms with Crippen LogP contribution in [0.3, 0.4) is 0 Å². The molecule has 0 aliphatic carbocycles. The SMILES string of the molecule is Cc1ccc(OCCCN)c(C)c1Br. The molecule has 1 aromatic carbocycles. The zero-order valence-electron chi connectivity index (χ0n) is 8.64. The van der Waals surface area contributed by atoms with Crippen molar-refractivity contribution in [3.63, 3.8) is 0 Å². The molecule has 2 N–H and O–H groups in total. The highest BCUT2D eigenvalue weighted by Crippen LogP contribution is 2.28. The molecule has 0 amide bonds. The summed E-state index contributed by atoms with van der Waals surface area (Å²) < 4.78 is 6.73. The van der Waals surface area contributed by atoms with E-state index in [1.807, 2.05) is 6.07 Å². The van der Waals surface area contributed by atoms with E-state index in [0.717, 1.165) is 22.2 Å². The lowest BCUT2D eigenvalue weighted by molar-refractivity contribution is 0.311. The van der Waals surface area contributed by atoms with E-state index < -0.39 is 0 Å². The fourth-order valence-electron chi connectivity index (χ4n) is 1.22. The summed E-state index contributed by atoms with van der Waals surface area (Å²) in [6, 6.07) is 4.06. The second-order valence-corrected chi connectivity index (χ2v) is 4.10. The maximum atomic E-state index is 5.60. The number of rotatable bonds is 4. The molecule has 0 saturated heterocycles. The number of benzene rings is 1. The molecule has 0 unspecified atom stereocenters. The monoisotopic (exact) mass is 257 g/mol. The molecule has 0 atom stereocenters. The number of ether oxygens (including phenoxy) is 1. The van der Waals surface area contributed by atoms with E-state index in [-0.39, 0.29) is 0 Å². The van der Waals surface area contributed by atoms with Gasteiger partial charge >= 0.3 is 0 Å². The summed E-state index contributed by atoms with van der Waals surface area (Å²) in [7, 11) is 0. The number of nitrogens with two attached hydrogens (primary N) is 1. The zero-order chi connectivity index (χ0) is 10.6. The minimum Gasteiger partial charge on any atom is -0.493 e. The van der Waals surface area contributed by atoms with Gasteiger partial charge in [0, 0.05) is 10.0 Å². The van der Waals surface area contributed by atoms with E-state index >= 15 is 0 Å². The summed E-state index contributed by atoms with van der Waals surface area (Å²) in [6.45, 7) is 5.48. The molecule has 0 saturated carbocycles. The minimum atomic E-state index is 0.673. The van der Waals surface area contributed by atoms with Crippen molar-refractivity contribution in [3.8, 4) is 5.75 Å². The van der Waals surface area contributed by atoms with Gasteiger partial charge in [-0.15, -0.1) is 0 Å². The van der Waals surface area contributed by atoms with Crippen LogP contribution in [-0.2, 0) is 0 Å². The van der Waals surface area contributed by atoms with Crippen LogP contribution in [0.4, 0.5) is 0 Å². The Bertz CT molecular complexity index is 312. The average molecular weight is 258 g/mol. The van der Waals surface area contributed by atoms with Gasteiger partial charge in [0.2, 0.25) is 0 Å². The van der Waals surface area contributed by atoms with Crippen LogP contribution in [0.15, 0.2) is 16.6 Å². The largest absolute Gasteiger partial charge is 0.493 e. The fourth-order valence-corrected chi connectivity index (χ4v) is 1.55. The molecule has 0 fully saturated rings. The lowest BCUT2D eigenvalue weighted by atomic mass is 10.1. The predicted octanol–water partition coefficient (Wildman–Crippen LogP) is 2.79. The molecule has 78 valence electrons. The van der Waals surface area contributed by atoms with Gasteiger partial charge < -0.3 is 10.5 Å². The van der Waals surface area contributed by atoms with Crippen LogP contribution in [0.1, 0.15) is 17.5 Å². The Morgan fingerprint density at radius 2 is 2.07 bits per heavy atom. The van der Waals surface area contributed by atoms with E-state index in [1.54, 1.807) is 0 Å². The second-order valence-electron chi connectivity index (χ2n) is 3.31. The van der Waals surface area contributed by atoms with Crippen molar-refractivity contribution in [2.24, 2.45) is 5.73 Å². The average Bonchev–Trinajstić information content (AvgIpc) is 2.18. The van der Waals surface area contributed by atoms with Crippen LogP contribution < -0.4 is 10.5 Å². The van der Waals surface area contributed by atoms with Crippen LogP contribution in [0, 0.1) is 13.8 Å². The van der Waals surface area contributed by atoms with Crippen molar-refractivity contribution < 1.29 is 4.74 Å². The lowest BCUT2D eigenvalue weighted by Gasteiger charge is -2.11. The summed E-state index contributed by atoms with van der Waals surface area (Å²) in [4.78, 5) is 0. The first-order valence-corrected chi connectivity index (χ1v) is 5.54. The second kappa shape index (κ2) is 5.37. The summed E-state index contributed by atoms with van der Waals surface area (Å²) in [5.74, 6) is 0.941. The number of aryl methyl sites for hydroxylation is 1. The molecule has 1 rings (SSSR count). The Morgan fingerprint density at radius 3 is 2.71 bits per heavy atom. The summed E-state index contributed by atoms with van der Waals surface area (Å²) in [6.07, 6.45) is 0.894. The highest BCUT2D eigenvalue weighted by molar-refractivity contribution is 9.10. The molecule has 14 heavy (non-hydrogen) atoms. The van der Waals surface area contributed by atoms with Crippen molar-refractivity contribution in [2.75, 3.05) is 13.2 Å². The van der Waals surface area contributed by atoms with E-state index in [2.05, 4.69) is 35.8 Å². The molecule has 0 heterocycles. The first-order chi connectivity index (χ1) is 6.66. The third-order valence-corrected chi connectivity index (χ3v) is 3.36. The molecule has 0 aromatic heterocycles. The van der Waals surface area contributed by atoms with Gasteiger partial charge in [-0.1, -0.05) is 22.0 Å². The van der Waals surface area contributed by atoms with Gasteiger partial charge in [-0.05, 0) is 38.4 Å². The van der Waals surface area contributed by atoms with Gasteiger partial charge in [-0.2, -0.15) is 0 Å². The Morgan fingerprint density at radius 1 is 1.36 bits per heavy atom. The van der Waals surface area contributed by atoms with Gasteiger partial charge in [0.05, 0.1) is 6.61 Å². The predicted molar refractivity (Wildman–Crippen MR) is 62.8 cm³/mol. The highest BCUT2D eigenvalue weighted by atomic mass is 79.9. The van der Waals surface area contributed by atoms with Gasteiger partial charge in [-0.3, -0.25) is 0 Å². The molecule has 0 bridgehead atoms. The van der Waals surface area contributed by atoms with Gasteiger partial charge in [0.15, 0.2) is 0 Å². The molecule has 0 aliphatic rings. The fraction of sp³-hybridized carbons (Fsp3) is 0.455. The first kappa shape index (κ1) is 11.5. The highest BCUT2D eigenvalue weighted by Gasteiger charge is 2.05. The minimum absolute atomic E-state index is 0.673. The van der Waals surface area contributed by atoms with Crippen LogP contribution in [0.5, 0.6) is 5.75 Å². The summed E-state index contributed by atoms with van der Waals surface area (Å²) >= 11 is 3.53. The van der Waals surface area contributed by atoms with Crippen LogP contribution >= 0.6 is 15.9 Å². The standard InChI is InChI=1S/C11H16BrNO/c1-8-4-5-10(9(2)11(8)12)14-7-3-6-13/h4-5H,3,6-7,13H2,1-2H3. The lowest BCUT2D eigenvalue weighted by Crippen LogP contribution is -2.06. The van der Waals surface area contributed by atoms with Crippen LogP contribution in [0.2, 0.25) is 0 Å². The van der Waals surface area contributed by atoms with Gasteiger partial charge in [-0.25, -0.2) is 0 Å². The summed E-state index contributed by atoms with van der Waals surface area (Å²) in [5.41, 5.74) is 7.78. The maximum Gasteiger partial charge on any atom is 0.123 e. The molecule has 1 aromatic rings. The molecule has 3 heteroatoms. The number of hydrogen-bond donors (Lipinski definition) is 1. The van der Waals surface area contributed by atoms with Crippen LogP contribution in [0.25, 0.3) is 0 Å². The normalized spacial score (nSPS) is 10.3. The smallest absolute Gasteiger partial charge is 0.123 e. The van der Waals surface area contributed by atoms with Crippen molar-refractivity contribution in [2.45, 2.75) is 20.3 Å². The van der Waals surface area contributed by atoms with E-state index in [9.17, 15) is 0 Å². The molecule has 0 aliphatic heterocycles.